The van der Waals surface area contributed by atoms with E-state index in [1.54, 1.807) is 0 Å². The van der Waals surface area contributed by atoms with Crippen LogP contribution in [0.3, 0.4) is 0 Å². The average molecular weight is 369 g/mol. The Morgan fingerprint density at radius 1 is 1.59 bits per heavy atom. The third-order valence-electron chi connectivity index (χ3n) is 2.76. The Kier molecular flexibility index (Phi) is 3.71. The molecule has 1 unspecified atom stereocenters. The molecule has 0 amide bonds. The maximum atomic E-state index is 11.6. The molecule has 6 nitrogen and oxygen atoms in total. The zero-order valence-electron chi connectivity index (χ0n) is 8.94. The van der Waals surface area contributed by atoms with Gasteiger partial charge in [0.1, 0.15) is 9.39 Å². The van der Waals surface area contributed by atoms with Crippen molar-refractivity contribution in [2.45, 2.75) is 18.1 Å². The highest BCUT2D eigenvalue weighted by Crippen LogP contribution is 2.20. The molecule has 17 heavy (non-hydrogen) atoms. The van der Waals surface area contributed by atoms with Gasteiger partial charge in [0.25, 0.3) is 5.56 Å². The maximum Gasteiger partial charge on any atom is 0.266 e. The molecule has 2 N–H and O–H groups in total. The first kappa shape index (κ1) is 12.8. The van der Waals surface area contributed by atoms with Crippen molar-refractivity contribution in [3.63, 3.8) is 0 Å². The van der Waals surface area contributed by atoms with Crippen LogP contribution in [0, 0.1) is 3.57 Å². The molecular weight excluding hydrogens is 357 g/mol. The van der Waals surface area contributed by atoms with E-state index < -0.39 is 9.84 Å². The van der Waals surface area contributed by atoms with Gasteiger partial charge in [0.05, 0.1) is 17.3 Å². The van der Waals surface area contributed by atoms with Crippen LogP contribution in [0.15, 0.2) is 11.1 Å². The molecule has 1 atom stereocenters. The molecule has 0 aromatic carbocycles. The normalized spacial score (nSPS) is 22.5. The monoisotopic (exact) mass is 369 g/mol. The summed E-state index contributed by atoms with van der Waals surface area (Å²) in [7, 11) is -2.96. The standard InChI is InChI=1S/C9H12IN3O3S/c10-7-8(12-5-13-9(7)14)11-4-6-2-1-3-17(6,15)16/h5-6H,1-4H2,(H2,11,12,13,14). The van der Waals surface area contributed by atoms with Gasteiger partial charge in [-0.25, -0.2) is 13.4 Å². The Bertz CT molecular complexity index is 569. The molecule has 0 saturated carbocycles. The number of halogens is 1. The molecule has 2 heterocycles. The largest absolute Gasteiger partial charge is 0.368 e. The predicted octanol–water partition coefficient (Wildman–Crippen LogP) is 0.364. The lowest BCUT2D eigenvalue weighted by atomic mass is 10.2. The van der Waals surface area contributed by atoms with Gasteiger partial charge >= 0.3 is 0 Å². The molecule has 1 aliphatic rings. The van der Waals surface area contributed by atoms with Gasteiger partial charge in [-0.15, -0.1) is 0 Å². The lowest BCUT2D eigenvalue weighted by Crippen LogP contribution is -2.26. The number of H-pyrrole nitrogens is 1. The van der Waals surface area contributed by atoms with Gasteiger partial charge in [0.15, 0.2) is 9.84 Å². The summed E-state index contributed by atoms with van der Waals surface area (Å²) < 4.78 is 23.7. The molecule has 1 aromatic rings. The molecule has 2 rings (SSSR count). The van der Waals surface area contributed by atoms with Gasteiger partial charge in [-0.2, -0.15) is 0 Å². The minimum atomic E-state index is -2.96. The summed E-state index contributed by atoms with van der Waals surface area (Å²) in [5.41, 5.74) is -0.225. The SMILES string of the molecule is O=c1[nH]cnc(NCC2CCCS2(=O)=O)c1I. The maximum absolute atomic E-state index is 11.6. The van der Waals surface area contributed by atoms with Crippen molar-refractivity contribution in [3.8, 4) is 0 Å². The van der Waals surface area contributed by atoms with Crippen LogP contribution in [0.2, 0.25) is 0 Å². The van der Waals surface area contributed by atoms with Gasteiger partial charge in [-0.1, -0.05) is 0 Å². The molecule has 94 valence electrons. The predicted molar refractivity (Wildman–Crippen MR) is 72.9 cm³/mol. The van der Waals surface area contributed by atoms with Crippen LogP contribution in [0.4, 0.5) is 5.82 Å². The van der Waals surface area contributed by atoms with Gasteiger partial charge in [-0.05, 0) is 35.4 Å². The lowest BCUT2D eigenvalue weighted by Gasteiger charge is -2.11. The minimum absolute atomic E-state index is 0.225. The highest BCUT2D eigenvalue weighted by Gasteiger charge is 2.31. The fourth-order valence-electron chi connectivity index (χ4n) is 1.80. The molecule has 1 aromatic heterocycles. The number of hydrogen-bond donors (Lipinski definition) is 2. The molecular formula is C9H12IN3O3S. The van der Waals surface area contributed by atoms with Gasteiger partial charge in [-0.3, -0.25) is 4.79 Å². The summed E-state index contributed by atoms with van der Waals surface area (Å²) >= 11 is 1.88. The van der Waals surface area contributed by atoms with Gasteiger partial charge in [0.2, 0.25) is 0 Å². The average Bonchev–Trinajstić information content (AvgIpc) is 2.60. The first-order valence-corrected chi connectivity index (χ1v) is 7.99. The molecule has 0 aliphatic carbocycles. The van der Waals surface area contributed by atoms with Crippen LogP contribution < -0.4 is 10.9 Å². The molecule has 1 aliphatic heterocycles. The van der Waals surface area contributed by atoms with Crippen LogP contribution in [-0.2, 0) is 9.84 Å². The number of aromatic nitrogens is 2. The van der Waals surface area contributed by atoms with Crippen molar-refractivity contribution in [2.75, 3.05) is 17.6 Å². The van der Waals surface area contributed by atoms with Crippen LogP contribution in [0.1, 0.15) is 12.8 Å². The third-order valence-corrected chi connectivity index (χ3v) is 6.03. The summed E-state index contributed by atoms with van der Waals surface area (Å²) in [6, 6.07) is 0. The summed E-state index contributed by atoms with van der Waals surface area (Å²) in [5, 5.41) is 2.57. The fourth-order valence-corrected chi connectivity index (χ4v) is 4.06. The molecule has 0 bridgehead atoms. The molecule has 1 saturated heterocycles. The van der Waals surface area contributed by atoms with Crippen molar-refractivity contribution >= 4 is 38.2 Å². The van der Waals surface area contributed by atoms with E-state index in [1.165, 1.54) is 6.33 Å². The highest BCUT2D eigenvalue weighted by atomic mass is 127. The topological polar surface area (TPSA) is 91.9 Å². The van der Waals surface area contributed by atoms with Crippen molar-refractivity contribution in [3.05, 3.63) is 20.3 Å². The van der Waals surface area contributed by atoms with Crippen molar-refractivity contribution in [2.24, 2.45) is 0 Å². The third kappa shape index (κ3) is 2.79. The Labute approximate surface area is 112 Å². The van der Waals surface area contributed by atoms with Crippen molar-refractivity contribution in [1.82, 2.24) is 9.97 Å². The number of rotatable bonds is 3. The van der Waals surface area contributed by atoms with Gasteiger partial charge in [0, 0.05) is 6.54 Å². The van der Waals surface area contributed by atoms with Crippen molar-refractivity contribution in [1.29, 1.82) is 0 Å². The van der Waals surface area contributed by atoms with E-state index in [1.807, 2.05) is 22.6 Å². The van der Waals surface area contributed by atoms with E-state index in [0.29, 0.717) is 28.8 Å². The van der Waals surface area contributed by atoms with E-state index in [9.17, 15) is 13.2 Å². The first-order chi connectivity index (χ1) is 8.00. The zero-order chi connectivity index (χ0) is 12.5. The van der Waals surface area contributed by atoms with Crippen molar-refractivity contribution < 1.29 is 8.42 Å². The second-order valence-corrected chi connectivity index (χ2v) is 7.39. The lowest BCUT2D eigenvalue weighted by molar-refractivity contribution is 0.591. The Morgan fingerprint density at radius 3 is 3.00 bits per heavy atom. The number of nitrogens with one attached hydrogen (secondary N) is 2. The summed E-state index contributed by atoms with van der Waals surface area (Å²) in [5.74, 6) is 0.704. The summed E-state index contributed by atoms with van der Waals surface area (Å²) in [6.45, 7) is 0.314. The molecule has 0 spiro atoms. The first-order valence-electron chi connectivity index (χ1n) is 5.19. The number of sulfone groups is 1. The van der Waals surface area contributed by atoms with E-state index in [-0.39, 0.29) is 16.6 Å². The van der Waals surface area contributed by atoms with Crippen LogP contribution in [-0.4, -0.2) is 35.9 Å². The van der Waals surface area contributed by atoms with E-state index in [2.05, 4.69) is 15.3 Å². The highest BCUT2D eigenvalue weighted by molar-refractivity contribution is 14.1. The summed E-state index contributed by atoms with van der Waals surface area (Å²) in [6.07, 6.45) is 2.69. The van der Waals surface area contributed by atoms with E-state index in [4.69, 9.17) is 0 Å². The fraction of sp³-hybridized carbons (Fsp3) is 0.556. The Balaban J connectivity index is 2.08. The van der Waals surface area contributed by atoms with E-state index in [0.717, 1.165) is 0 Å². The Hall–Kier alpha value is -0.640. The van der Waals surface area contributed by atoms with Crippen LogP contribution >= 0.6 is 22.6 Å². The number of hydrogen-bond acceptors (Lipinski definition) is 5. The Morgan fingerprint density at radius 2 is 2.35 bits per heavy atom. The minimum Gasteiger partial charge on any atom is -0.368 e. The number of nitrogens with zero attached hydrogens (tertiary/aromatic N) is 1. The molecule has 0 radical (unpaired) electrons. The molecule has 1 fully saturated rings. The van der Waals surface area contributed by atoms with Crippen LogP contribution in [0.5, 0.6) is 0 Å². The second kappa shape index (κ2) is 4.92. The zero-order valence-corrected chi connectivity index (χ0v) is 11.9. The molecule has 8 heteroatoms. The summed E-state index contributed by atoms with van der Waals surface area (Å²) in [4.78, 5) is 17.7. The second-order valence-electron chi connectivity index (χ2n) is 3.91. The number of aromatic amines is 1. The number of anilines is 1. The van der Waals surface area contributed by atoms with E-state index >= 15 is 0 Å². The quantitative estimate of drug-likeness (QED) is 0.751. The van der Waals surface area contributed by atoms with Gasteiger partial charge < -0.3 is 10.3 Å². The van der Waals surface area contributed by atoms with Crippen LogP contribution in [0.25, 0.3) is 0 Å². The smallest absolute Gasteiger partial charge is 0.266 e.